The van der Waals surface area contributed by atoms with Crippen molar-refractivity contribution in [1.29, 1.82) is 0 Å². The van der Waals surface area contributed by atoms with Gasteiger partial charge < -0.3 is 15.8 Å². The van der Waals surface area contributed by atoms with E-state index in [0.717, 1.165) is 19.4 Å². The molecular formula is C7H16N2O. The van der Waals surface area contributed by atoms with Crippen molar-refractivity contribution < 1.29 is 4.79 Å². The molecule has 0 aliphatic rings. The zero-order chi connectivity index (χ0) is 7.82. The van der Waals surface area contributed by atoms with Gasteiger partial charge in [-0.15, -0.1) is 0 Å². The molecule has 0 amide bonds. The summed E-state index contributed by atoms with van der Waals surface area (Å²) in [4.78, 5) is 10.1. The van der Waals surface area contributed by atoms with E-state index < -0.39 is 0 Å². The van der Waals surface area contributed by atoms with Crippen LogP contribution in [0.2, 0.25) is 0 Å². The van der Waals surface area contributed by atoms with Crippen molar-refractivity contribution >= 4 is 6.29 Å². The van der Waals surface area contributed by atoms with E-state index in [0.29, 0.717) is 18.9 Å². The lowest BCUT2D eigenvalue weighted by molar-refractivity contribution is -0.108. The Labute approximate surface area is 62.0 Å². The minimum atomic E-state index is 0.317. The van der Waals surface area contributed by atoms with Crippen LogP contribution in [0.25, 0.3) is 0 Å². The molecule has 0 aromatic rings. The third-order valence-corrected chi connectivity index (χ3v) is 1.45. The smallest absolute Gasteiger partial charge is 0.120 e. The minimum Gasteiger partial charge on any atom is -0.330 e. The average Bonchev–Trinajstić information content (AvgIpc) is 1.98. The van der Waals surface area contributed by atoms with Crippen molar-refractivity contribution in [3.05, 3.63) is 0 Å². The number of hydrogen-bond donors (Lipinski definition) is 2. The van der Waals surface area contributed by atoms with E-state index in [1.54, 1.807) is 0 Å². The van der Waals surface area contributed by atoms with Crippen LogP contribution in [0.3, 0.4) is 0 Å². The standard InChI is InChI=1S/C7H16N2O/c1-2-9-6-7(5-8)3-4-10/h4,7,9H,2-3,5-6,8H2,1H3. The van der Waals surface area contributed by atoms with Crippen molar-refractivity contribution in [2.45, 2.75) is 13.3 Å². The molecule has 3 heteroatoms. The van der Waals surface area contributed by atoms with Crippen LogP contribution < -0.4 is 11.1 Å². The van der Waals surface area contributed by atoms with Crippen LogP contribution in [-0.4, -0.2) is 25.9 Å². The Hall–Kier alpha value is -0.410. The van der Waals surface area contributed by atoms with Gasteiger partial charge in [-0.3, -0.25) is 0 Å². The van der Waals surface area contributed by atoms with Crippen LogP contribution in [0, 0.1) is 5.92 Å². The van der Waals surface area contributed by atoms with Crippen LogP contribution in [0.4, 0.5) is 0 Å². The molecule has 1 unspecified atom stereocenters. The van der Waals surface area contributed by atoms with Crippen LogP contribution in [0.5, 0.6) is 0 Å². The fourth-order valence-electron chi connectivity index (χ4n) is 0.747. The van der Waals surface area contributed by atoms with Crippen molar-refractivity contribution in [3.63, 3.8) is 0 Å². The summed E-state index contributed by atoms with van der Waals surface area (Å²) in [6.45, 7) is 4.42. The maximum Gasteiger partial charge on any atom is 0.120 e. The third-order valence-electron chi connectivity index (χ3n) is 1.45. The van der Waals surface area contributed by atoms with Gasteiger partial charge in [-0.05, 0) is 25.6 Å². The quantitative estimate of drug-likeness (QED) is 0.506. The van der Waals surface area contributed by atoms with Gasteiger partial charge in [0.2, 0.25) is 0 Å². The van der Waals surface area contributed by atoms with Gasteiger partial charge in [-0.2, -0.15) is 0 Å². The summed E-state index contributed by atoms with van der Waals surface area (Å²) < 4.78 is 0. The first-order valence-corrected chi connectivity index (χ1v) is 3.69. The summed E-state index contributed by atoms with van der Waals surface area (Å²) in [6.07, 6.45) is 1.50. The first kappa shape index (κ1) is 9.59. The second-order valence-electron chi connectivity index (χ2n) is 2.31. The molecule has 0 saturated carbocycles. The van der Waals surface area contributed by atoms with Crippen molar-refractivity contribution in [2.75, 3.05) is 19.6 Å². The molecule has 3 N–H and O–H groups in total. The molecule has 10 heavy (non-hydrogen) atoms. The largest absolute Gasteiger partial charge is 0.330 e. The Kier molecular flexibility index (Phi) is 6.43. The summed E-state index contributed by atoms with van der Waals surface area (Å²) in [7, 11) is 0. The molecule has 0 bridgehead atoms. The predicted octanol–water partition coefficient (Wildman–Crippen LogP) is -0.240. The molecule has 0 aliphatic heterocycles. The molecule has 0 heterocycles. The predicted molar refractivity (Wildman–Crippen MR) is 41.8 cm³/mol. The van der Waals surface area contributed by atoms with Crippen LogP contribution in [0.1, 0.15) is 13.3 Å². The monoisotopic (exact) mass is 144 g/mol. The topological polar surface area (TPSA) is 55.1 Å². The van der Waals surface area contributed by atoms with E-state index in [9.17, 15) is 4.79 Å². The van der Waals surface area contributed by atoms with Gasteiger partial charge in [0.1, 0.15) is 6.29 Å². The van der Waals surface area contributed by atoms with E-state index in [4.69, 9.17) is 5.73 Å². The van der Waals surface area contributed by atoms with Gasteiger partial charge >= 0.3 is 0 Å². The first-order valence-electron chi connectivity index (χ1n) is 3.69. The second-order valence-corrected chi connectivity index (χ2v) is 2.31. The first-order chi connectivity index (χ1) is 4.85. The highest BCUT2D eigenvalue weighted by molar-refractivity contribution is 5.49. The average molecular weight is 144 g/mol. The lowest BCUT2D eigenvalue weighted by atomic mass is 10.1. The molecule has 0 spiro atoms. The van der Waals surface area contributed by atoms with Crippen LogP contribution in [-0.2, 0) is 4.79 Å². The lowest BCUT2D eigenvalue weighted by Crippen LogP contribution is -2.28. The summed E-state index contributed by atoms with van der Waals surface area (Å²) in [5.74, 6) is 0.317. The minimum absolute atomic E-state index is 0.317. The zero-order valence-electron chi connectivity index (χ0n) is 6.47. The van der Waals surface area contributed by atoms with E-state index in [1.165, 1.54) is 0 Å². The Morgan fingerprint density at radius 2 is 2.40 bits per heavy atom. The number of aldehydes is 1. The molecule has 0 aromatic carbocycles. The number of nitrogens with two attached hydrogens (primary N) is 1. The van der Waals surface area contributed by atoms with Crippen molar-refractivity contribution in [3.8, 4) is 0 Å². The van der Waals surface area contributed by atoms with Gasteiger partial charge in [0, 0.05) is 6.42 Å². The van der Waals surface area contributed by atoms with Gasteiger partial charge in [-0.1, -0.05) is 6.92 Å². The van der Waals surface area contributed by atoms with E-state index in [-0.39, 0.29) is 0 Å². The second kappa shape index (κ2) is 6.71. The summed E-state index contributed by atoms with van der Waals surface area (Å²) in [5, 5.41) is 3.15. The SMILES string of the molecule is CCNCC(CN)CC=O. The summed E-state index contributed by atoms with van der Waals surface area (Å²) in [5.41, 5.74) is 5.40. The Balaban J connectivity index is 3.29. The maximum atomic E-state index is 10.1. The van der Waals surface area contributed by atoms with Gasteiger partial charge in [0.05, 0.1) is 0 Å². The number of carbonyl (C=O) groups is 1. The van der Waals surface area contributed by atoms with Gasteiger partial charge in [0.25, 0.3) is 0 Å². The highest BCUT2D eigenvalue weighted by atomic mass is 16.1. The van der Waals surface area contributed by atoms with Crippen molar-refractivity contribution in [2.24, 2.45) is 11.7 Å². The highest BCUT2D eigenvalue weighted by Crippen LogP contribution is 1.94. The highest BCUT2D eigenvalue weighted by Gasteiger charge is 2.02. The Morgan fingerprint density at radius 1 is 1.70 bits per heavy atom. The number of nitrogens with one attached hydrogen (secondary N) is 1. The maximum absolute atomic E-state index is 10.1. The Bertz CT molecular complexity index is 85.7. The molecule has 0 aromatic heterocycles. The molecular weight excluding hydrogens is 128 g/mol. The third kappa shape index (κ3) is 4.47. The lowest BCUT2D eigenvalue weighted by Gasteiger charge is -2.10. The summed E-state index contributed by atoms with van der Waals surface area (Å²) in [6, 6.07) is 0. The molecule has 3 nitrogen and oxygen atoms in total. The fourth-order valence-corrected chi connectivity index (χ4v) is 0.747. The number of carbonyl (C=O) groups excluding carboxylic acids is 1. The molecule has 0 fully saturated rings. The zero-order valence-corrected chi connectivity index (χ0v) is 6.47. The molecule has 60 valence electrons. The molecule has 0 saturated heterocycles. The normalized spacial score (nSPS) is 13.0. The number of hydrogen-bond acceptors (Lipinski definition) is 3. The van der Waals surface area contributed by atoms with Gasteiger partial charge in [0.15, 0.2) is 0 Å². The fraction of sp³-hybridized carbons (Fsp3) is 0.857. The van der Waals surface area contributed by atoms with E-state index in [2.05, 4.69) is 5.32 Å². The van der Waals surface area contributed by atoms with Crippen LogP contribution >= 0.6 is 0 Å². The van der Waals surface area contributed by atoms with E-state index in [1.807, 2.05) is 6.92 Å². The molecule has 1 atom stereocenters. The molecule has 0 aliphatic carbocycles. The molecule has 0 radical (unpaired) electrons. The van der Waals surface area contributed by atoms with Gasteiger partial charge in [-0.25, -0.2) is 0 Å². The number of rotatable bonds is 6. The van der Waals surface area contributed by atoms with Crippen LogP contribution in [0.15, 0.2) is 0 Å². The molecule has 0 rings (SSSR count). The summed E-state index contributed by atoms with van der Waals surface area (Å²) >= 11 is 0. The van der Waals surface area contributed by atoms with Crippen molar-refractivity contribution in [1.82, 2.24) is 5.32 Å². The van der Waals surface area contributed by atoms with E-state index >= 15 is 0 Å². The Morgan fingerprint density at radius 3 is 2.80 bits per heavy atom.